The van der Waals surface area contributed by atoms with E-state index in [-0.39, 0.29) is 55.8 Å². The molecule has 2 heterocycles. The van der Waals surface area contributed by atoms with Gasteiger partial charge in [-0.25, -0.2) is 13.6 Å². The summed E-state index contributed by atoms with van der Waals surface area (Å²) in [4.78, 5) is 27.0. The van der Waals surface area contributed by atoms with Crippen molar-refractivity contribution in [3.8, 4) is 5.75 Å². The molecule has 1 spiro atoms. The minimum absolute atomic E-state index is 0. The summed E-state index contributed by atoms with van der Waals surface area (Å²) in [5, 5.41) is 25.3. The zero-order valence-corrected chi connectivity index (χ0v) is 31.6. The maximum atomic E-state index is 16.2. The number of halogens is 2. The maximum absolute atomic E-state index is 16.2. The van der Waals surface area contributed by atoms with E-state index in [9.17, 15) is 19.8 Å². The van der Waals surface area contributed by atoms with Gasteiger partial charge in [0.2, 0.25) is 5.91 Å². The number of hydrogen-bond donors (Lipinski definition) is 4. The van der Waals surface area contributed by atoms with E-state index >= 15 is 8.78 Å². The molecule has 2 aliphatic heterocycles. The number of anilines is 1. The topological polar surface area (TPSA) is 120 Å². The van der Waals surface area contributed by atoms with E-state index in [0.29, 0.717) is 35.8 Å². The predicted molar refractivity (Wildman–Crippen MR) is 166 cm³/mol. The Bertz CT molecular complexity index is 1300. The second kappa shape index (κ2) is 14.2. The van der Waals surface area contributed by atoms with E-state index in [1.54, 1.807) is 52.2 Å². The van der Waals surface area contributed by atoms with Crippen molar-refractivity contribution in [2.45, 2.75) is 109 Å². The average Bonchev–Trinajstić information content (AvgIpc) is 3.28. The molecular formula is C34H48F2N3O6U-. The summed E-state index contributed by atoms with van der Waals surface area (Å²) >= 11 is 0. The van der Waals surface area contributed by atoms with Crippen molar-refractivity contribution in [2.24, 2.45) is 22.7 Å². The minimum Gasteiger partial charge on any atom is -0.564 e. The van der Waals surface area contributed by atoms with Gasteiger partial charge in [-0.15, -0.1) is 0 Å². The van der Waals surface area contributed by atoms with Crippen LogP contribution < -0.4 is 15.4 Å². The van der Waals surface area contributed by atoms with E-state index in [2.05, 4.69) is 10.6 Å². The van der Waals surface area contributed by atoms with Crippen molar-refractivity contribution in [2.75, 3.05) is 19.0 Å². The largest absolute Gasteiger partial charge is 0.564 e. The number of aliphatic hydroxyl groups is 1. The van der Waals surface area contributed by atoms with E-state index in [1.807, 2.05) is 6.92 Å². The van der Waals surface area contributed by atoms with Crippen LogP contribution in [0.1, 0.15) is 84.6 Å². The molecule has 1 unspecified atom stereocenters. The van der Waals surface area contributed by atoms with Crippen molar-refractivity contribution in [1.82, 2.24) is 10.2 Å². The molecule has 1 saturated heterocycles. The molecule has 6 atom stereocenters. The van der Waals surface area contributed by atoms with E-state index < -0.39 is 53.0 Å². The number of methoxy groups -OCH3 is 1. The zero-order chi connectivity index (χ0) is 32.7. The van der Waals surface area contributed by atoms with Crippen LogP contribution in [0.4, 0.5) is 19.3 Å². The Labute approximate surface area is 294 Å². The molecule has 4 N–H and O–H groups in total. The van der Waals surface area contributed by atoms with Crippen LogP contribution in [-0.4, -0.2) is 70.9 Å². The van der Waals surface area contributed by atoms with Gasteiger partial charge in [-0.1, -0.05) is 65.8 Å². The number of rotatable bonds is 11. The molecular weight excluding hydrogens is 822 g/mol. The van der Waals surface area contributed by atoms with Gasteiger partial charge in [-0.05, 0) is 54.4 Å². The van der Waals surface area contributed by atoms with Crippen molar-refractivity contribution >= 4 is 23.8 Å². The van der Waals surface area contributed by atoms with Crippen LogP contribution in [0.2, 0.25) is 0 Å². The van der Waals surface area contributed by atoms with Crippen molar-refractivity contribution < 1.29 is 69.2 Å². The van der Waals surface area contributed by atoms with E-state index in [4.69, 9.17) is 9.47 Å². The monoisotopic (exact) mass is 870 g/mol. The standard InChI is InChI=1S/C34H48F2N3O6.U/c1-20-17-33(20)26(19-40)39(30(41)29(32(2,3)4)38-31(42)43)18-27(33)45-25-16-22-15-23(44-5)12-13-24(22)37-28(25)34(35,36)14-8-11-21-9-6-7-10-21;/h12-13,15-16,19-21,26-29,37-38,40H,6-11,14,17-18H2,1-5H3,(H,42,43);/q-1;/t20-,26-,27+,28?,29-,33-;/m1./s1. The van der Waals surface area contributed by atoms with E-state index in [0.717, 1.165) is 25.9 Å². The van der Waals surface area contributed by atoms with Gasteiger partial charge in [0, 0.05) is 54.2 Å². The fourth-order valence-corrected chi connectivity index (χ4v) is 7.84. The first kappa shape index (κ1) is 36.8. The molecule has 1 aromatic carbocycles. The Hall–Kier alpha value is -2.03. The van der Waals surface area contributed by atoms with Gasteiger partial charge in [0.15, 0.2) is 0 Å². The first-order chi connectivity index (χ1) is 21.2. The van der Waals surface area contributed by atoms with Gasteiger partial charge >= 0.3 is 6.09 Å². The number of hydrogen-bond acceptors (Lipinski definition) is 6. The Morgan fingerprint density at radius 3 is 2.48 bits per heavy atom. The Morgan fingerprint density at radius 2 is 1.91 bits per heavy atom. The van der Waals surface area contributed by atoms with Crippen LogP contribution >= 0.6 is 0 Å². The molecule has 46 heavy (non-hydrogen) atoms. The second-order valence-corrected chi connectivity index (χ2v) is 14.5. The summed E-state index contributed by atoms with van der Waals surface area (Å²) in [6, 6.07) is 1.93. The van der Waals surface area contributed by atoms with E-state index in [1.165, 1.54) is 17.7 Å². The number of nitrogens with one attached hydrogen (secondary N) is 2. The number of likely N-dealkylation sites (tertiary alicyclic amines) is 1. The van der Waals surface area contributed by atoms with Crippen molar-refractivity contribution in [3.63, 3.8) is 0 Å². The molecule has 5 rings (SSSR count). The Kier molecular flexibility index (Phi) is 11.4. The first-order valence-corrected chi connectivity index (χ1v) is 16.2. The smallest absolute Gasteiger partial charge is 0.405 e. The van der Waals surface area contributed by atoms with Crippen LogP contribution in [0.3, 0.4) is 0 Å². The molecule has 0 aromatic heterocycles. The third-order valence-electron chi connectivity index (χ3n) is 10.5. The minimum atomic E-state index is -3.12. The molecule has 3 fully saturated rings. The summed E-state index contributed by atoms with van der Waals surface area (Å²) in [6.07, 6.45) is 5.67. The Balaban J connectivity index is 0.00000480. The average molecular weight is 871 g/mol. The molecule has 1 aromatic rings. The molecule has 0 radical (unpaired) electrons. The van der Waals surface area contributed by atoms with Crippen LogP contribution in [0.15, 0.2) is 24.0 Å². The van der Waals surface area contributed by atoms with Gasteiger partial charge in [0.25, 0.3) is 5.92 Å². The molecule has 254 valence electrons. The quantitative estimate of drug-likeness (QED) is 0.184. The van der Waals surface area contributed by atoms with Crippen LogP contribution in [-0.2, 0) is 9.53 Å². The fraction of sp³-hybridized carbons (Fsp3) is 0.676. The maximum Gasteiger partial charge on any atom is 0.405 e. The molecule has 2 saturated carbocycles. The zero-order valence-electron chi connectivity index (χ0n) is 27.4. The number of carbonyl (C=O) groups is 2. The molecule has 2 amide bonds. The summed E-state index contributed by atoms with van der Waals surface area (Å²) in [6.45, 7) is 8.24. The van der Waals surface area contributed by atoms with Crippen LogP contribution in [0.25, 0.3) is 6.08 Å². The number of alkyl halides is 2. The number of carboxylic acid groups (broad SMARTS) is 1. The number of fused-ring (bicyclic) bond motifs is 1. The second-order valence-electron chi connectivity index (χ2n) is 14.5. The molecule has 0 bridgehead atoms. The summed E-state index contributed by atoms with van der Waals surface area (Å²) < 4.78 is 44.3. The predicted octanol–water partition coefficient (Wildman–Crippen LogP) is 6.66. The summed E-state index contributed by atoms with van der Waals surface area (Å²) in [5.41, 5.74) is -0.264. The number of amides is 2. The van der Waals surface area contributed by atoms with Crippen molar-refractivity contribution in [1.29, 1.82) is 0 Å². The van der Waals surface area contributed by atoms with Gasteiger partial charge in [0.1, 0.15) is 29.7 Å². The normalized spacial score (nSPS) is 28.1. The summed E-state index contributed by atoms with van der Waals surface area (Å²) in [5.74, 6) is -2.42. The fourth-order valence-electron chi connectivity index (χ4n) is 7.84. The first-order valence-electron chi connectivity index (χ1n) is 16.2. The van der Waals surface area contributed by atoms with Crippen LogP contribution in [0, 0.1) is 60.4 Å². The van der Waals surface area contributed by atoms with Gasteiger partial charge < -0.3 is 35.2 Å². The molecule has 2 aliphatic carbocycles. The third-order valence-corrected chi connectivity index (χ3v) is 10.5. The van der Waals surface area contributed by atoms with Gasteiger partial charge in [-0.3, -0.25) is 4.79 Å². The number of nitrogens with zero attached hydrogens (tertiary/aromatic N) is 1. The number of benzene rings is 1. The summed E-state index contributed by atoms with van der Waals surface area (Å²) in [7, 11) is 1.54. The van der Waals surface area contributed by atoms with Crippen LogP contribution in [0.5, 0.6) is 5.75 Å². The molecule has 12 heteroatoms. The SMILES string of the molecule is COc1ccc2c(c1)C=C(O[C@H]1CN(C(=O)[C@@H](NC(=O)O)C(C)(C)C)[C@H]([CH-]O)[C@]13C[C@H]3C)C(C(F)(F)CCCC1CCCC1)N2.[U]. The van der Waals surface area contributed by atoms with Crippen molar-refractivity contribution in [3.05, 3.63) is 36.1 Å². The number of aliphatic hydroxyl groups excluding tert-OH is 1. The molecule has 4 aliphatic rings. The third kappa shape index (κ3) is 7.34. The molecule has 9 nitrogen and oxygen atoms in total. The van der Waals surface area contributed by atoms with Gasteiger partial charge in [-0.2, -0.15) is 6.61 Å². The van der Waals surface area contributed by atoms with Gasteiger partial charge in [0.05, 0.1) is 13.7 Å². The number of carbonyl (C=O) groups excluding carboxylic acids is 1. The Morgan fingerprint density at radius 1 is 1.24 bits per heavy atom. The number of ether oxygens (including phenoxy) is 2.